The molecule has 2 amide bonds. The lowest BCUT2D eigenvalue weighted by Crippen LogP contribution is -2.44. The maximum atomic E-state index is 12.5. The molecule has 1 N–H and O–H groups in total. The number of carbonyl (C=O) groups is 2. The van der Waals surface area contributed by atoms with Crippen molar-refractivity contribution in [3.63, 3.8) is 0 Å². The number of rotatable bonds is 4. The number of nitrogens with one attached hydrogen (secondary N) is 1. The van der Waals surface area contributed by atoms with Gasteiger partial charge in [-0.25, -0.2) is 0 Å². The Labute approximate surface area is 148 Å². The normalized spacial score (nSPS) is 17.6. The van der Waals surface area contributed by atoms with Crippen LogP contribution in [0.5, 0.6) is 0 Å². The molecule has 1 aliphatic rings. The van der Waals surface area contributed by atoms with Crippen LogP contribution in [0.2, 0.25) is 10.0 Å². The molecule has 0 radical (unpaired) electrons. The molecule has 0 saturated carbocycles. The molecule has 0 spiro atoms. The van der Waals surface area contributed by atoms with Crippen molar-refractivity contribution in [3.8, 4) is 0 Å². The van der Waals surface area contributed by atoms with Crippen molar-refractivity contribution in [3.05, 3.63) is 51.3 Å². The second-order valence-corrected chi connectivity index (χ2v) is 6.99. The summed E-state index contributed by atoms with van der Waals surface area (Å²) in [7, 11) is 0. The van der Waals surface area contributed by atoms with Gasteiger partial charge in [-0.3, -0.25) is 14.5 Å². The molecule has 1 aromatic carbocycles. The number of benzene rings is 1. The second kappa shape index (κ2) is 6.91. The van der Waals surface area contributed by atoms with E-state index in [9.17, 15) is 9.59 Å². The topological polar surface area (TPSA) is 49.4 Å². The van der Waals surface area contributed by atoms with Gasteiger partial charge in [0.15, 0.2) is 0 Å². The number of nitrogens with zero attached hydrogens (tertiary/aromatic N) is 1. The monoisotopic (exact) mass is 368 g/mol. The number of amides is 2. The van der Waals surface area contributed by atoms with E-state index in [0.717, 1.165) is 10.6 Å². The lowest BCUT2D eigenvalue weighted by Gasteiger charge is -2.22. The number of hydrogen-bond donors (Lipinski definition) is 1. The van der Waals surface area contributed by atoms with Crippen LogP contribution in [0, 0.1) is 0 Å². The maximum absolute atomic E-state index is 12.5. The second-order valence-electron chi connectivity index (χ2n) is 5.22. The zero-order valence-electron chi connectivity index (χ0n) is 12.1. The Morgan fingerprint density at radius 3 is 2.87 bits per heavy atom. The van der Waals surface area contributed by atoms with Crippen LogP contribution in [-0.2, 0) is 16.1 Å². The quantitative estimate of drug-likeness (QED) is 0.890. The van der Waals surface area contributed by atoms with Gasteiger partial charge in [0.25, 0.3) is 0 Å². The predicted molar refractivity (Wildman–Crippen MR) is 93.1 cm³/mol. The van der Waals surface area contributed by atoms with Gasteiger partial charge in [0, 0.05) is 23.0 Å². The lowest BCUT2D eigenvalue weighted by molar-refractivity contribution is -0.124. The molecule has 0 unspecified atom stereocenters. The molecule has 1 aromatic heterocycles. The first-order valence-electron chi connectivity index (χ1n) is 7.13. The smallest absolute Gasteiger partial charge is 0.243 e. The summed E-state index contributed by atoms with van der Waals surface area (Å²) in [5.41, 5.74) is 0.788. The van der Waals surface area contributed by atoms with Gasteiger partial charge in [0.1, 0.15) is 6.04 Å². The van der Waals surface area contributed by atoms with E-state index in [0.29, 0.717) is 29.4 Å². The molecule has 1 aliphatic heterocycles. The van der Waals surface area contributed by atoms with Crippen molar-refractivity contribution >= 4 is 51.4 Å². The molecule has 7 heteroatoms. The van der Waals surface area contributed by atoms with Gasteiger partial charge in [-0.05, 0) is 41.6 Å². The van der Waals surface area contributed by atoms with Crippen molar-refractivity contribution in [2.75, 3.05) is 4.90 Å². The summed E-state index contributed by atoms with van der Waals surface area (Å²) in [4.78, 5) is 26.1. The maximum Gasteiger partial charge on any atom is 0.243 e. The van der Waals surface area contributed by atoms with Gasteiger partial charge >= 0.3 is 0 Å². The van der Waals surface area contributed by atoms with Gasteiger partial charge in [0.05, 0.1) is 5.00 Å². The molecule has 1 saturated heterocycles. The fourth-order valence-electron chi connectivity index (χ4n) is 2.58. The molecule has 1 atom stereocenters. The highest BCUT2D eigenvalue weighted by atomic mass is 35.5. The molecule has 2 aromatic rings. The van der Waals surface area contributed by atoms with E-state index in [4.69, 9.17) is 23.2 Å². The molecule has 0 bridgehead atoms. The summed E-state index contributed by atoms with van der Waals surface area (Å²) in [6.45, 7) is 0.303. The number of carbonyl (C=O) groups excluding carboxylic acids is 2. The van der Waals surface area contributed by atoms with Gasteiger partial charge in [-0.15, -0.1) is 11.3 Å². The SMILES string of the molecule is O=C(NCc1ccc(Cl)cc1Cl)[C@@H]1CCC(=O)N1c1cccs1. The van der Waals surface area contributed by atoms with Crippen molar-refractivity contribution in [1.82, 2.24) is 5.32 Å². The Morgan fingerprint density at radius 1 is 1.35 bits per heavy atom. The summed E-state index contributed by atoms with van der Waals surface area (Å²) in [5.74, 6) is -0.188. The predicted octanol–water partition coefficient (Wildman–Crippen LogP) is 3.87. The van der Waals surface area contributed by atoms with Crippen LogP contribution >= 0.6 is 34.5 Å². The van der Waals surface area contributed by atoms with Gasteiger partial charge in [0.2, 0.25) is 11.8 Å². The third-order valence-electron chi connectivity index (χ3n) is 3.73. The summed E-state index contributed by atoms with van der Waals surface area (Å²) >= 11 is 13.4. The van der Waals surface area contributed by atoms with E-state index in [1.165, 1.54) is 11.3 Å². The first-order valence-corrected chi connectivity index (χ1v) is 8.77. The zero-order valence-corrected chi connectivity index (χ0v) is 14.4. The molecule has 23 heavy (non-hydrogen) atoms. The van der Waals surface area contributed by atoms with E-state index in [1.54, 1.807) is 23.1 Å². The molecule has 2 heterocycles. The summed E-state index contributed by atoms with van der Waals surface area (Å²) in [6.07, 6.45) is 0.911. The van der Waals surface area contributed by atoms with Crippen LogP contribution in [0.15, 0.2) is 35.7 Å². The van der Waals surface area contributed by atoms with E-state index in [-0.39, 0.29) is 11.8 Å². The third kappa shape index (κ3) is 3.52. The number of hydrogen-bond acceptors (Lipinski definition) is 3. The highest BCUT2D eigenvalue weighted by molar-refractivity contribution is 7.14. The summed E-state index contributed by atoms with van der Waals surface area (Å²) in [5, 5.41) is 6.61. The Bertz CT molecular complexity index is 734. The third-order valence-corrected chi connectivity index (χ3v) is 5.18. The van der Waals surface area contributed by atoms with Gasteiger partial charge < -0.3 is 5.32 Å². The van der Waals surface area contributed by atoms with Crippen molar-refractivity contribution in [2.45, 2.75) is 25.4 Å². The Kier molecular flexibility index (Phi) is 4.90. The van der Waals surface area contributed by atoms with Crippen LogP contribution in [0.4, 0.5) is 5.00 Å². The van der Waals surface area contributed by atoms with Crippen molar-refractivity contribution in [2.24, 2.45) is 0 Å². The van der Waals surface area contributed by atoms with Crippen LogP contribution in [0.1, 0.15) is 18.4 Å². The molecule has 120 valence electrons. The molecule has 4 nitrogen and oxygen atoms in total. The Morgan fingerprint density at radius 2 is 2.17 bits per heavy atom. The first kappa shape index (κ1) is 16.3. The van der Waals surface area contributed by atoms with Gasteiger partial charge in [-0.1, -0.05) is 29.3 Å². The van der Waals surface area contributed by atoms with Gasteiger partial charge in [-0.2, -0.15) is 0 Å². The minimum atomic E-state index is -0.466. The molecule has 3 rings (SSSR count). The minimum absolute atomic E-state index is 0.0166. The standard InChI is InChI=1S/C16H14Cl2N2O2S/c17-11-4-3-10(12(18)8-11)9-19-16(22)13-5-6-14(21)20(13)15-2-1-7-23-15/h1-4,7-8,13H,5-6,9H2,(H,19,22)/t13-/m0/s1. The van der Waals surface area contributed by atoms with Crippen LogP contribution in [0.3, 0.4) is 0 Å². The lowest BCUT2D eigenvalue weighted by atomic mass is 10.2. The Hall–Kier alpha value is -1.56. The van der Waals surface area contributed by atoms with E-state index in [1.807, 2.05) is 17.5 Å². The average molecular weight is 369 g/mol. The van der Waals surface area contributed by atoms with Crippen molar-refractivity contribution in [1.29, 1.82) is 0 Å². The molecule has 1 fully saturated rings. The summed E-state index contributed by atoms with van der Waals surface area (Å²) in [6, 6.07) is 8.40. The molecule has 0 aliphatic carbocycles. The largest absolute Gasteiger partial charge is 0.350 e. The zero-order chi connectivity index (χ0) is 16.4. The highest BCUT2D eigenvalue weighted by Gasteiger charge is 2.37. The number of thiophene rings is 1. The average Bonchev–Trinajstić information content (AvgIpc) is 3.15. The molecular formula is C16H14Cl2N2O2S. The highest BCUT2D eigenvalue weighted by Crippen LogP contribution is 2.30. The first-order chi connectivity index (χ1) is 11.1. The van der Waals surface area contributed by atoms with E-state index < -0.39 is 6.04 Å². The van der Waals surface area contributed by atoms with E-state index in [2.05, 4.69) is 5.32 Å². The Balaban J connectivity index is 1.69. The van der Waals surface area contributed by atoms with Crippen LogP contribution < -0.4 is 10.2 Å². The number of halogens is 2. The van der Waals surface area contributed by atoms with Crippen LogP contribution in [0.25, 0.3) is 0 Å². The number of anilines is 1. The summed E-state index contributed by atoms with van der Waals surface area (Å²) < 4.78 is 0. The fraction of sp³-hybridized carbons (Fsp3) is 0.250. The van der Waals surface area contributed by atoms with E-state index >= 15 is 0 Å². The van der Waals surface area contributed by atoms with Crippen LogP contribution in [-0.4, -0.2) is 17.9 Å². The minimum Gasteiger partial charge on any atom is -0.350 e. The fourth-order valence-corrected chi connectivity index (χ4v) is 3.85. The molecular weight excluding hydrogens is 355 g/mol. The van der Waals surface area contributed by atoms with Crippen molar-refractivity contribution < 1.29 is 9.59 Å².